The molecule has 1 fully saturated rings. The van der Waals surface area contributed by atoms with Crippen molar-refractivity contribution in [2.24, 2.45) is 11.3 Å². The van der Waals surface area contributed by atoms with Crippen LogP contribution in [-0.4, -0.2) is 48.4 Å². The van der Waals surface area contributed by atoms with Crippen LogP contribution < -0.4 is 20.7 Å². The van der Waals surface area contributed by atoms with Crippen LogP contribution in [0.5, 0.6) is 5.75 Å². The average molecular weight is 501 g/mol. The number of hydrogen-bond acceptors (Lipinski definition) is 4. The molecule has 2 heterocycles. The van der Waals surface area contributed by atoms with Crippen molar-refractivity contribution < 1.29 is 19.1 Å². The van der Waals surface area contributed by atoms with E-state index in [1.807, 2.05) is 20.8 Å². The third-order valence-corrected chi connectivity index (χ3v) is 6.43. The maximum absolute atomic E-state index is 13.2. The lowest BCUT2D eigenvalue weighted by Crippen LogP contribution is -2.51. The fraction of sp³-hybridized carbons (Fsp3) is 0.500. The number of ether oxygens (including phenoxy) is 1. The lowest BCUT2D eigenvalue weighted by atomic mass is 9.87. The molecule has 3 rings (SSSR count). The number of fused-ring (bicyclic) bond motifs is 1. The molecule has 1 saturated heterocycles. The van der Waals surface area contributed by atoms with Gasteiger partial charge in [0.15, 0.2) is 0 Å². The number of nitrogens with one attached hydrogen (secondary N) is 4. The Kier molecular flexibility index (Phi) is 8.34. The number of aromatic nitrogens is 1. The summed E-state index contributed by atoms with van der Waals surface area (Å²) in [4.78, 5) is 41.5. The minimum Gasteiger partial charge on any atom is -0.495 e. The molecule has 9 heteroatoms. The van der Waals surface area contributed by atoms with Gasteiger partial charge in [-0.3, -0.25) is 14.4 Å². The predicted molar refractivity (Wildman–Crippen MR) is 136 cm³/mol. The largest absolute Gasteiger partial charge is 0.495 e. The van der Waals surface area contributed by atoms with Crippen molar-refractivity contribution in [2.45, 2.75) is 58.5 Å². The molecule has 4 N–H and O–H groups in total. The summed E-state index contributed by atoms with van der Waals surface area (Å²) < 4.78 is 5.24. The Balaban J connectivity index is 1.75. The van der Waals surface area contributed by atoms with Gasteiger partial charge < -0.3 is 25.7 Å². The van der Waals surface area contributed by atoms with E-state index in [-0.39, 0.29) is 28.8 Å². The van der Waals surface area contributed by atoms with E-state index in [9.17, 15) is 14.4 Å². The Morgan fingerprint density at radius 3 is 2.69 bits per heavy atom. The number of carbonyl (C=O) groups is 3. The van der Waals surface area contributed by atoms with Gasteiger partial charge in [0.25, 0.3) is 5.91 Å². The maximum Gasteiger partial charge on any atom is 0.268 e. The number of rotatable bonds is 8. The second-order valence-electron chi connectivity index (χ2n) is 10.1. The van der Waals surface area contributed by atoms with Crippen LogP contribution in [0, 0.1) is 23.7 Å². The summed E-state index contributed by atoms with van der Waals surface area (Å²) in [5.74, 6) is 1.97. The van der Waals surface area contributed by atoms with Crippen molar-refractivity contribution in [2.75, 3.05) is 13.7 Å². The van der Waals surface area contributed by atoms with Crippen molar-refractivity contribution in [3.05, 3.63) is 28.9 Å². The Morgan fingerprint density at radius 2 is 2.06 bits per heavy atom. The number of methoxy groups -OCH3 is 1. The van der Waals surface area contributed by atoms with Gasteiger partial charge in [-0.15, -0.1) is 6.42 Å². The third kappa shape index (κ3) is 6.70. The highest BCUT2D eigenvalue weighted by Gasteiger charge is 2.31. The van der Waals surface area contributed by atoms with E-state index in [1.54, 1.807) is 18.2 Å². The summed E-state index contributed by atoms with van der Waals surface area (Å²) >= 11 is 6.38. The first kappa shape index (κ1) is 26.4. The zero-order valence-electron chi connectivity index (χ0n) is 20.6. The fourth-order valence-corrected chi connectivity index (χ4v) is 4.57. The first-order valence-electron chi connectivity index (χ1n) is 11.7. The van der Waals surface area contributed by atoms with E-state index in [0.717, 1.165) is 12.8 Å². The number of aromatic amines is 1. The van der Waals surface area contributed by atoms with Crippen LogP contribution in [0.15, 0.2) is 18.2 Å². The number of benzene rings is 1. The molecule has 3 amide bonds. The van der Waals surface area contributed by atoms with Gasteiger partial charge in [-0.25, -0.2) is 0 Å². The maximum atomic E-state index is 13.2. The van der Waals surface area contributed by atoms with Crippen molar-refractivity contribution >= 4 is 40.2 Å². The number of hydrogen-bond donors (Lipinski definition) is 4. The Labute approximate surface area is 210 Å². The first-order valence-corrected chi connectivity index (χ1v) is 12.1. The number of H-pyrrole nitrogens is 1. The number of terminal acetylenes is 1. The van der Waals surface area contributed by atoms with E-state index in [0.29, 0.717) is 41.1 Å². The summed E-state index contributed by atoms with van der Waals surface area (Å²) in [6.07, 6.45) is 8.03. The SMILES string of the molecule is C#CC(CC1CCCNC1=O)NC(=O)C(CC(C)(C)C)NC(=O)c1cc2c(Cl)c(OC)ccc2[nH]1. The predicted octanol–water partition coefficient (Wildman–Crippen LogP) is 3.40. The quantitative estimate of drug-likeness (QED) is 0.416. The van der Waals surface area contributed by atoms with Gasteiger partial charge in [0.05, 0.1) is 18.2 Å². The molecular formula is C26H33ClN4O4. The van der Waals surface area contributed by atoms with E-state index in [4.69, 9.17) is 22.8 Å². The van der Waals surface area contributed by atoms with Crippen LogP contribution in [0.2, 0.25) is 5.02 Å². The second kappa shape index (κ2) is 11.0. The van der Waals surface area contributed by atoms with Crippen LogP contribution >= 0.6 is 11.6 Å². The zero-order valence-corrected chi connectivity index (χ0v) is 21.3. The molecule has 1 aromatic heterocycles. The molecule has 3 atom stereocenters. The molecule has 1 aromatic carbocycles. The summed E-state index contributed by atoms with van der Waals surface area (Å²) in [6, 6.07) is 3.68. The molecule has 0 bridgehead atoms. The second-order valence-corrected chi connectivity index (χ2v) is 10.5. The van der Waals surface area contributed by atoms with Crippen molar-refractivity contribution in [3.63, 3.8) is 0 Å². The standard InChI is InChI=1S/C26H33ClN4O4/c1-6-16(12-15-8-7-11-28-23(15)32)29-25(34)20(14-26(2,3)4)31-24(33)19-13-17-18(30-19)9-10-21(35-5)22(17)27/h1,9-10,13,15-16,20,30H,7-8,11-12,14H2,2-5H3,(H,28,32)(H,29,34)(H,31,33). The van der Waals surface area contributed by atoms with Gasteiger partial charge in [0, 0.05) is 23.4 Å². The molecule has 0 saturated carbocycles. The highest BCUT2D eigenvalue weighted by molar-refractivity contribution is 6.37. The van der Waals surface area contributed by atoms with Gasteiger partial charge >= 0.3 is 0 Å². The number of amides is 3. The van der Waals surface area contributed by atoms with Gasteiger partial charge in [0.2, 0.25) is 11.8 Å². The lowest BCUT2D eigenvalue weighted by molar-refractivity contribution is -0.128. The number of carbonyl (C=O) groups excluding carboxylic acids is 3. The molecular weight excluding hydrogens is 468 g/mol. The highest BCUT2D eigenvalue weighted by atomic mass is 35.5. The molecule has 35 heavy (non-hydrogen) atoms. The van der Waals surface area contributed by atoms with Crippen LogP contribution in [0.1, 0.15) is 56.9 Å². The summed E-state index contributed by atoms with van der Waals surface area (Å²) in [7, 11) is 1.52. The molecule has 1 aliphatic heterocycles. The van der Waals surface area contributed by atoms with E-state index < -0.39 is 18.0 Å². The third-order valence-electron chi connectivity index (χ3n) is 6.04. The zero-order chi connectivity index (χ0) is 25.8. The normalized spacial score (nSPS) is 17.7. The van der Waals surface area contributed by atoms with Gasteiger partial charge in [-0.1, -0.05) is 38.3 Å². The van der Waals surface area contributed by atoms with E-state index >= 15 is 0 Å². The first-order chi connectivity index (χ1) is 16.5. The number of piperidine rings is 1. The molecule has 0 spiro atoms. The van der Waals surface area contributed by atoms with Crippen molar-refractivity contribution in [1.82, 2.24) is 20.9 Å². The number of halogens is 1. The van der Waals surface area contributed by atoms with Crippen LogP contribution in [0.25, 0.3) is 10.9 Å². The molecule has 8 nitrogen and oxygen atoms in total. The topological polar surface area (TPSA) is 112 Å². The highest BCUT2D eigenvalue weighted by Crippen LogP contribution is 2.33. The minimum atomic E-state index is -0.824. The van der Waals surface area contributed by atoms with Crippen LogP contribution in [-0.2, 0) is 9.59 Å². The molecule has 2 aromatic rings. The van der Waals surface area contributed by atoms with Crippen LogP contribution in [0.4, 0.5) is 0 Å². The van der Waals surface area contributed by atoms with Gasteiger partial charge in [-0.05, 0) is 49.3 Å². The van der Waals surface area contributed by atoms with Gasteiger partial charge in [-0.2, -0.15) is 0 Å². The minimum absolute atomic E-state index is 0.0422. The summed E-state index contributed by atoms with van der Waals surface area (Å²) in [5, 5.41) is 9.56. The van der Waals surface area contributed by atoms with Crippen molar-refractivity contribution in [3.8, 4) is 18.1 Å². The fourth-order valence-electron chi connectivity index (χ4n) is 4.27. The van der Waals surface area contributed by atoms with Crippen molar-refractivity contribution in [1.29, 1.82) is 0 Å². The Bertz CT molecular complexity index is 1140. The molecule has 3 unspecified atom stereocenters. The average Bonchev–Trinajstić information content (AvgIpc) is 3.24. The summed E-state index contributed by atoms with van der Waals surface area (Å²) in [6.45, 7) is 6.62. The smallest absolute Gasteiger partial charge is 0.268 e. The molecule has 0 radical (unpaired) electrons. The Morgan fingerprint density at radius 1 is 1.31 bits per heavy atom. The van der Waals surface area contributed by atoms with Crippen LogP contribution in [0.3, 0.4) is 0 Å². The van der Waals surface area contributed by atoms with Gasteiger partial charge in [0.1, 0.15) is 17.5 Å². The lowest BCUT2D eigenvalue weighted by Gasteiger charge is -2.28. The molecule has 0 aliphatic carbocycles. The van der Waals surface area contributed by atoms with E-state index in [2.05, 4.69) is 26.9 Å². The molecule has 1 aliphatic rings. The van der Waals surface area contributed by atoms with E-state index in [1.165, 1.54) is 7.11 Å². The summed E-state index contributed by atoms with van der Waals surface area (Å²) in [5.41, 5.74) is 0.701. The monoisotopic (exact) mass is 500 g/mol. The Hall–Kier alpha value is -3.18. The molecule has 188 valence electrons.